The zero-order valence-corrected chi connectivity index (χ0v) is 10.1. The van der Waals surface area contributed by atoms with E-state index in [1.54, 1.807) is 0 Å². The standard InChI is InChI=1S/C10H5Cl2FN2O3/c11-5-1-4(13)2-6(12)8(5)15-10-14-7(3-18-10)9(16)17/h1-3H,(H,14,15)(H,16,17). The quantitative estimate of drug-likeness (QED) is 0.904. The minimum absolute atomic E-state index is 0.0232. The molecule has 0 bridgehead atoms. The summed E-state index contributed by atoms with van der Waals surface area (Å²) in [6, 6.07) is 2.00. The van der Waals surface area contributed by atoms with Crippen LogP contribution in [0.3, 0.4) is 0 Å². The van der Waals surface area contributed by atoms with Crippen LogP contribution < -0.4 is 5.32 Å². The highest BCUT2D eigenvalue weighted by atomic mass is 35.5. The monoisotopic (exact) mass is 290 g/mol. The number of hydrogen-bond acceptors (Lipinski definition) is 4. The van der Waals surface area contributed by atoms with E-state index in [1.807, 2.05) is 0 Å². The number of halogens is 3. The number of nitrogens with zero attached hydrogens (tertiary/aromatic N) is 1. The predicted molar refractivity (Wildman–Crippen MR) is 63.2 cm³/mol. The van der Waals surface area contributed by atoms with Gasteiger partial charge < -0.3 is 14.8 Å². The van der Waals surface area contributed by atoms with Crippen LogP contribution in [0.25, 0.3) is 0 Å². The third-order valence-electron chi connectivity index (χ3n) is 1.96. The molecular formula is C10H5Cl2FN2O3. The number of oxazole rings is 1. The van der Waals surface area contributed by atoms with Crippen LogP contribution in [0.2, 0.25) is 10.0 Å². The van der Waals surface area contributed by atoms with Crippen molar-refractivity contribution in [1.82, 2.24) is 4.98 Å². The van der Waals surface area contributed by atoms with Gasteiger partial charge in [0, 0.05) is 0 Å². The maximum atomic E-state index is 12.9. The first kappa shape index (κ1) is 12.7. The molecule has 0 spiro atoms. The lowest BCUT2D eigenvalue weighted by atomic mass is 10.3. The van der Waals surface area contributed by atoms with Crippen molar-refractivity contribution in [3.05, 3.63) is 40.0 Å². The Morgan fingerprint density at radius 3 is 2.50 bits per heavy atom. The van der Waals surface area contributed by atoms with E-state index in [2.05, 4.69) is 10.3 Å². The first-order chi connectivity index (χ1) is 8.47. The van der Waals surface area contributed by atoms with E-state index >= 15 is 0 Å². The fourth-order valence-electron chi connectivity index (χ4n) is 1.20. The maximum absolute atomic E-state index is 12.9. The minimum atomic E-state index is -1.23. The Labute approximate surface area is 110 Å². The second-order valence-electron chi connectivity index (χ2n) is 3.21. The average molecular weight is 291 g/mol. The molecule has 18 heavy (non-hydrogen) atoms. The van der Waals surface area contributed by atoms with Gasteiger partial charge in [-0.3, -0.25) is 0 Å². The van der Waals surface area contributed by atoms with Crippen LogP contribution in [0.5, 0.6) is 0 Å². The van der Waals surface area contributed by atoms with Gasteiger partial charge >= 0.3 is 5.97 Å². The number of nitrogens with one attached hydrogen (secondary N) is 1. The molecular weight excluding hydrogens is 286 g/mol. The van der Waals surface area contributed by atoms with Crippen LogP contribution in [0, 0.1) is 5.82 Å². The van der Waals surface area contributed by atoms with Crippen LogP contribution in [-0.2, 0) is 0 Å². The molecule has 0 aliphatic heterocycles. The Hall–Kier alpha value is -1.79. The van der Waals surface area contributed by atoms with Crippen LogP contribution in [0.1, 0.15) is 10.5 Å². The van der Waals surface area contributed by atoms with E-state index in [1.165, 1.54) is 0 Å². The van der Waals surface area contributed by atoms with E-state index in [9.17, 15) is 9.18 Å². The summed E-state index contributed by atoms with van der Waals surface area (Å²) in [5, 5.41) is 11.3. The van der Waals surface area contributed by atoms with Gasteiger partial charge in [0.15, 0.2) is 5.69 Å². The lowest BCUT2D eigenvalue weighted by Crippen LogP contribution is -1.98. The molecule has 0 saturated carbocycles. The summed E-state index contributed by atoms with van der Waals surface area (Å²) in [4.78, 5) is 14.2. The first-order valence-corrected chi connectivity index (χ1v) is 5.33. The van der Waals surface area contributed by atoms with Crippen LogP contribution in [0.15, 0.2) is 22.8 Å². The molecule has 8 heteroatoms. The van der Waals surface area contributed by atoms with Gasteiger partial charge in [-0.05, 0) is 12.1 Å². The Kier molecular flexibility index (Phi) is 3.40. The van der Waals surface area contributed by atoms with Gasteiger partial charge in [-0.1, -0.05) is 23.2 Å². The lowest BCUT2D eigenvalue weighted by molar-refractivity contribution is 0.0690. The second kappa shape index (κ2) is 4.83. The van der Waals surface area contributed by atoms with E-state index in [4.69, 9.17) is 32.7 Å². The Morgan fingerprint density at radius 1 is 1.39 bits per heavy atom. The zero-order chi connectivity index (χ0) is 13.3. The van der Waals surface area contributed by atoms with Crippen LogP contribution >= 0.6 is 23.2 Å². The molecule has 2 N–H and O–H groups in total. The molecule has 0 saturated heterocycles. The molecule has 2 aromatic rings. The number of carbonyl (C=O) groups is 1. The zero-order valence-electron chi connectivity index (χ0n) is 8.58. The second-order valence-corrected chi connectivity index (χ2v) is 4.03. The Bertz CT molecular complexity index is 592. The van der Waals surface area contributed by atoms with Gasteiger partial charge in [0.05, 0.1) is 15.7 Å². The van der Waals surface area contributed by atoms with Gasteiger partial charge in [-0.2, -0.15) is 4.98 Å². The Morgan fingerprint density at radius 2 is 2.00 bits per heavy atom. The Balaban J connectivity index is 2.31. The molecule has 1 heterocycles. The predicted octanol–water partition coefficient (Wildman–Crippen LogP) is 3.56. The third-order valence-corrected chi connectivity index (χ3v) is 2.56. The van der Waals surface area contributed by atoms with Gasteiger partial charge in [0.1, 0.15) is 12.1 Å². The summed E-state index contributed by atoms with van der Waals surface area (Å²) >= 11 is 11.6. The summed E-state index contributed by atoms with van der Waals surface area (Å²) in [7, 11) is 0. The molecule has 0 aliphatic carbocycles. The molecule has 1 aromatic carbocycles. The van der Waals surface area contributed by atoms with E-state index < -0.39 is 11.8 Å². The molecule has 0 amide bonds. The number of carboxylic acid groups (broad SMARTS) is 1. The number of hydrogen-bond donors (Lipinski definition) is 2. The molecule has 5 nitrogen and oxygen atoms in total. The normalized spacial score (nSPS) is 10.4. The highest BCUT2D eigenvalue weighted by Crippen LogP contribution is 2.33. The molecule has 2 rings (SSSR count). The van der Waals surface area contributed by atoms with Crippen LogP contribution in [-0.4, -0.2) is 16.1 Å². The van der Waals surface area contributed by atoms with Crippen molar-refractivity contribution in [2.45, 2.75) is 0 Å². The van der Waals surface area contributed by atoms with Crippen molar-refractivity contribution >= 4 is 40.9 Å². The fraction of sp³-hybridized carbons (Fsp3) is 0. The van der Waals surface area contributed by atoms with Gasteiger partial charge in [-0.25, -0.2) is 9.18 Å². The number of aromatic carboxylic acids is 1. The van der Waals surface area contributed by atoms with Gasteiger partial charge in [0.25, 0.3) is 6.01 Å². The SMILES string of the molecule is O=C(O)c1coc(Nc2c(Cl)cc(F)cc2Cl)n1. The molecule has 0 aliphatic rings. The highest BCUT2D eigenvalue weighted by Gasteiger charge is 2.14. The first-order valence-electron chi connectivity index (χ1n) is 4.58. The molecule has 0 radical (unpaired) electrons. The number of carboxylic acids is 1. The smallest absolute Gasteiger partial charge is 0.357 e. The fourth-order valence-corrected chi connectivity index (χ4v) is 1.75. The average Bonchev–Trinajstić information content (AvgIpc) is 2.71. The maximum Gasteiger partial charge on any atom is 0.357 e. The van der Waals surface area contributed by atoms with Crippen molar-refractivity contribution in [3.63, 3.8) is 0 Å². The molecule has 0 unspecified atom stereocenters. The number of aromatic nitrogens is 1. The van der Waals surface area contributed by atoms with Crippen molar-refractivity contribution < 1.29 is 18.7 Å². The molecule has 1 aromatic heterocycles. The summed E-state index contributed by atoms with van der Waals surface area (Å²) in [5.74, 6) is -1.82. The molecule has 0 fully saturated rings. The molecule has 0 atom stereocenters. The number of anilines is 2. The lowest BCUT2D eigenvalue weighted by Gasteiger charge is -2.06. The van der Waals surface area contributed by atoms with E-state index in [0.29, 0.717) is 0 Å². The van der Waals surface area contributed by atoms with Gasteiger partial charge in [0.2, 0.25) is 0 Å². The van der Waals surface area contributed by atoms with Crippen molar-refractivity contribution in [1.29, 1.82) is 0 Å². The van der Waals surface area contributed by atoms with Crippen molar-refractivity contribution in [2.24, 2.45) is 0 Å². The van der Waals surface area contributed by atoms with Gasteiger partial charge in [-0.15, -0.1) is 0 Å². The molecule has 94 valence electrons. The topological polar surface area (TPSA) is 75.4 Å². The highest BCUT2D eigenvalue weighted by molar-refractivity contribution is 6.39. The third kappa shape index (κ3) is 2.55. The minimum Gasteiger partial charge on any atom is -0.476 e. The largest absolute Gasteiger partial charge is 0.476 e. The number of benzene rings is 1. The summed E-state index contributed by atoms with van der Waals surface area (Å²) < 4.78 is 17.8. The van der Waals surface area contributed by atoms with Crippen LogP contribution in [0.4, 0.5) is 16.1 Å². The summed E-state index contributed by atoms with van der Waals surface area (Å²) in [6.07, 6.45) is 0.954. The van der Waals surface area contributed by atoms with E-state index in [-0.39, 0.29) is 27.4 Å². The number of rotatable bonds is 3. The van der Waals surface area contributed by atoms with Crippen molar-refractivity contribution in [3.8, 4) is 0 Å². The summed E-state index contributed by atoms with van der Waals surface area (Å²) in [6.45, 7) is 0. The van der Waals surface area contributed by atoms with Crippen molar-refractivity contribution in [2.75, 3.05) is 5.32 Å². The summed E-state index contributed by atoms with van der Waals surface area (Å²) in [5.41, 5.74) is -0.0922. The van der Waals surface area contributed by atoms with E-state index in [0.717, 1.165) is 18.4 Å².